The van der Waals surface area contributed by atoms with E-state index in [1.165, 1.54) is 23.1 Å². The van der Waals surface area contributed by atoms with Gasteiger partial charge >= 0.3 is 6.61 Å². The topological polar surface area (TPSA) is 80.7 Å². The Morgan fingerprint density at radius 2 is 1.67 bits per heavy atom. The fraction of sp³-hybridized carbons (Fsp3) is 0.472. The molecule has 1 saturated heterocycles. The molecule has 8 nitrogen and oxygen atoms in total. The predicted octanol–water partition coefficient (Wildman–Crippen LogP) is 7.33. The molecule has 2 aliphatic rings. The Labute approximate surface area is 281 Å². The Balaban J connectivity index is 1.39. The van der Waals surface area contributed by atoms with Crippen molar-refractivity contribution in [3.8, 4) is 17.2 Å². The number of aliphatic hydroxyl groups is 1. The number of piperidine rings is 1. The van der Waals surface area contributed by atoms with Gasteiger partial charge in [-0.15, -0.1) is 0 Å². The first-order chi connectivity index (χ1) is 22.6. The van der Waals surface area contributed by atoms with Gasteiger partial charge in [0.1, 0.15) is 35.3 Å². The smallest absolute Gasteiger partial charge is 0.387 e. The lowest BCUT2D eigenvalue weighted by Gasteiger charge is -2.49. The van der Waals surface area contributed by atoms with Crippen molar-refractivity contribution >= 4 is 25.6 Å². The highest BCUT2D eigenvalue weighted by atomic mass is 28.4. The van der Waals surface area contributed by atoms with E-state index in [-0.39, 0.29) is 42.0 Å². The molecule has 2 aliphatic heterocycles. The predicted molar refractivity (Wildman–Crippen MR) is 181 cm³/mol. The van der Waals surface area contributed by atoms with E-state index in [9.17, 15) is 18.7 Å². The minimum absolute atomic E-state index is 0.0663. The molecule has 3 aromatic rings. The maximum Gasteiger partial charge on any atom is 0.387 e. The molecule has 0 spiro atoms. The molecule has 48 heavy (non-hydrogen) atoms. The van der Waals surface area contributed by atoms with Crippen LogP contribution >= 0.6 is 0 Å². The van der Waals surface area contributed by atoms with E-state index in [1.54, 1.807) is 37.4 Å². The van der Waals surface area contributed by atoms with E-state index in [4.69, 9.17) is 13.9 Å². The number of hydrogen-bond acceptors (Lipinski definition) is 7. The summed E-state index contributed by atoms with van der Waals surface area (Å²) in [6, 6.07) is 16.6. The molecule has 1 fully saturated rings. The summed E-state index contributed by atoms with van der Waals surface area (Å²) in [6.07, 6.45) is 0.156. The summed E-state index contributed by atoms with van der Waals surface area (Å²) in [5, 5.41) is 12.1. The Hall–Kier alpha value is -3.74. The van der Waals surface area contributed by atoms with Crippen molar-refractivity contribution in [1.82, 2.24) is 0 Å². The Morgan fingerprint density at radius 1 is 1.00 bits per heavy atom. The van der Waals surface area contributed by atoms with Crippen LogP contribution in [0.25, 0.3) is 0 Å². The van der Waals surface area contributed by atoms with E-state index in [2.05, 4.69) is 43.5 Å². The third kappa shape index (κ3) is 7.76. The number of halogens is 3. The van der Waals surface area contributed by atoms with Crippen LogP contribution in [0.2, 0.25) is 18.1 Å². The molecule has 0 bridgehead atoms. The van der Waals surface area contributed by atoms with Crippen molar-refractivity contribution in [3.05, 3.63) is 77.6 Å². The second kappa shape index (κ2) is 14.0. The van der Waals surface area contributed by atoms with Gasteiger partial charge in [0.2, 0.25) is 5.91 Å². The number of amides is 1. The monoisotopic (exact) mass is 686 g/mol. The van der Waals surface area contributed by atoms with Gasteiger partial charge in [0.05, 0.1) is 25.4 Å². The normalized spacial score (nSPS) is 20.1. The van der Waals surface area contributed by atoms with Crippen LogP contribution in [-0.2, 0) is 22.2 Å². The lowest BCUT2D eigenvalue weighted by molar-refractivity contribution is -0.119. The average Bonchev–Trinajstić information content (AvgIpc) is 3.03. The van der Waals surface area contributed by atoms with E-state index in [0.717, 1.165) is 11.3 Å². The van der Waals surface area contributed by atoms with E-state index in [1.807, 2.05) is 12.1 Å². The quantitative estimate of drug-likeness (QED) is 0.212. The van der Waals surface area contributed by atoms with Crippen molar-refractivity contribution in [2.24, 2.45) is 0 Å². The molecule has 1 amide bonds. The van der Waals surface area contributed by atoms with E-state index in [0.29, 0.717) is 43.0 Å². The molecular weight excluding hydrogens is 641 g/mol. The highest BCUT2D eigenvalue weighted by Gasteiger charge is 2.49. The van der Waals surface area contributed by atoms with Crippen molar-refractivity contribution in [1.29, 1.82) is 0 Å². The largest absolute Gasteiger partial charge is 0.497 e. The number of carbonyl (C=O) groups is 1. The van der Waals surface area contributed by atoms with Gasteiger partial charge in [0.25, 0.3) is 0 Å². The Bertz CT molecular complexity index is 1580. The zero-order chi connectivity index (χ0) is 34.9. The summed E-state index contributed by atoms with van der Waals surface area (Å²) in [7, 11) is -0.809. The third-order valence-electron chi connectivity index (χ3n) is 9.80. The number of nitrogens with zero attached hydrogens (tertiary/aromatic N) is 2. The fourth-order valence-corrected chi connectivity index (χ4v) is 7.26. The SMILES string of the molecule is COc1ccc(CN2C(=O)CCc3c(OC[C@]4(O)CCN(c5ccc(OC(F)F)cc5)C[C@H]4O[Si](C)(C)C(C)(C)C)ccc(F)c32)cc1. The van der Waals surface area contributed by atoms with Crippen molar-refractivity contribution < 1.29 is 41.7 Å². The average molecular weight is 687 g/mol. The number of fused-ring (bicyclic) bond motifs is 1. The number of hydrogen-bond donors (Lipinski definition) is 1. The number of ether oxygens (including phenoxy) is 3. The molecule has 0 radical (unpaired) electrons. The van der Waals surface area contributed by atoms with Crippen LogP contribution < -0.4 is 24.0 Å². The lowest BCUT2D eigenvalue weighted by atomic mass is 9.89. The van der Waals surface area contributed by atoms with Crippen LogP contribution in [0.3, 0.4) is 0 Å². The van der Waals surface area contributed by atoms with Crippen molar-refractivity contribution in [2.45, 2.75) is 83.0 Å². The molecule has 0 unspecified atom stereocenters. The summed E-state index contributed by atoms with van der Waals surface area (Å²) in [6.45, 7) is 8.59. The fourth-order valence-electron chi connectivity index (χ4n) is 5.90. The third-order valence-corrected chi connectivity index (χ3v) is 14.3. The molecule has 0 aliphatic carbocycles. The number of anilines is 2. The van der Waals surface area contributed by atoms with Gasteiger partial charge in [0, 0.05) is 30.8 Å². The second-order valence-corrected chi connectivity index (χ2v) is 18.8. The van der Waals surface area contributed by atoms with E-state index >= 15 is 4.39 Å². The standard InChI is InChI=1S/C36H45F3N2O6Si/c1-35(2,3)48(5,6)47-31-22-40(25-9-13-27(14-10-25)46-34(38)39)20-19-36(31,43)23-45-30-17-16-29(37)33-28(30)15-18-32(42)41(33)21-24-7-11-26(44-4)12-8-24/h7-14,16-17,31,34,43H,15,18-23H2,1-6H3/t31-,36-/m1/s1. The number of benzene rings is 3. The summed E-state index contributed by atoms with van der Waals surface area (Å²) in [4.78, 5) is 16.6. The van der Waals surface area contributed by atoms with Gasteiger partial charge in [-0.3, -0.25) is 4.79 Å². The van der Waals surface area contributed by atoms with Crippen LogP contribution in [-0.4, -0.2) is 64.5 Å². The van der Waals surface area contributed by atoms with Crippen LogP contribution in [0.1, 0.15) is 44.7 Å². The second-order valence-electron chi connectivity index (χ2n) is 14.0. The maximum absolute atomic E-state index is 15.4. The molecule has 0 aromatic heterocycles. The first kappa shape index (κ1) is 35.6. The maximum atomic E-state index is 15.4. The number of methoxy groups -OCH3 is 1. The summed E-state index contributed by atoms with van der Waals surface area (Å²) >= 11 is 0. The van der Waals surface area contributed by atoms with Crippen LogP contribution in [0, 0.1) is 5.82 Å². The zero-order valence-electron chi connectivity index (χ0n) is 28.4. The molecule has 2 heterocycles. The number of carbonyl (C=O) groups excluding carboxylic acids is 1. The molecule has 260 valence electrons. The zero-order valence-corrected chi connectivity index (χ0v) is 29.4. The molecule has 12 heteroatoms. The molecular formula is C36H45F3N2O6Si. The Kier molecular flexibility index (Phi) is 10.4. The number of alkyl halides is 2. The number of rotatable bonds is 11. The molecule has 2 atom stereocenters. The summed E-state index contributed by atoms with van der Waals surface area (Å²) in [5.41, 5.74) is 0.995. The lowest BCUT2D eigenvalue weighted by Crippen LogP contribution is -2.63. The first-order valence-electron chi connectivity index (χ1n) is 16.2. The van der Waals surface area contributed by atoms with Gasteiger partial charge in [0.15, 0.2) is 8.32 Å². The summed E-state index contributed by atoms with van der Waals surface area (Å²) in [5.74, 6) is 0.460. The highest BCUT2D eigenvalue weighted by molar-refractivity contribution is 6.74. The highest BCUT2D eigenvalue weighted by Crippen LogP contribution is 2.42. The first-order valence-corrected chi connectivity index (χ1v) is 19.1. The Morgan fingerprint density at radius 3 is 2.29 bits per heavy atom. The van der Waals surface area contributed by atoms with Crippen LogP contribution in [0.4, 0.5) is 24.5 Å². The van der Waals surface area contributed by atoms with Gasteiger partial charge in [-0.05, 0) is 85.1 Å². The van der Waals surface area contributed by atoms with Crippen LogP contribution in [0.5, 0.6) is 17.2 Å². The van der Waals surface area contributed by atoms with Crippen LogP contribution in [0.15, 0.2) is 60.7 Å². The van der Waals surface area contributed by atoms with Crippen molar-refractivity contribution in [2.75, 3.05) is 36.6 Å². The van der Waals surface area contributed by atoms with Gasteiger partial charge < -0.3 is 33.5 Å². The molecule has 0 saturated carbocycles. The molecule has 3 aromatic carbocycles. The van der Waals surface area contributed by atoms with E-state index < -0.39 is 32.5 Å². The molecule has 5 rings (SSSR count). The van der Waals surface area contributed by atoms with Crippen molar-refractivity contribution in [3.63, 3.8) is 0 Å². The minimum atomic E-state index is -2.91. The summed E-state index contributed by atoms with van der Waals surface area (Å²) < 4.78 is 63.8. The molecule has 1 N–H and O–H groups in total. The van der Waals surface area contributed by atoms with Gasteiger partial charge in [-0.1, -0.05) is 32.9 Å². The minimum Gasteiger partial charge on any atom is -0.497 e. The van der Waals surface area contributed by atoms with Gasteiger partial charge in [-0.2, -0.15) is 8.78 Å². The van der Waals surface area contributed by atoms with Gasteiger partial charge in [-0.25, -0.2) is 4.39 Å².